The van der Waals surface area contributed by atoms with Crippen molar-refractivity contribution >= 4 is 33.4 Å². The van der Waals surface area contributed by atoms with E-state index in [0.717, 1.165) is 12.6 Å². The molecule has 0 spiro atoms. The molecule has 0 amide bonds. The van der Waals surface area contributed by atoms with Gasteiger partial charge in [-0.1, -0.05) is 23.5 Å². The van der Waals surface area contributed by atoms with Crippen LogP contribution in [0, 0.1) is 0 Å². The molecule has 106 valence electrons. The van der Waals surface area contributed by atoms with Gasteiger partial charge in [0.2, 0.25) is 0 Å². The summed E-state index contributed by atoms with van der Waals surface area (Å²) in [5.41, 5.74) is 1.27. The van der Waals surface area contributed by atoms with Gasteiger partial charge in [-0.3, -0.25) is 0 Å². The lowest BCUT2D eigenvalue weighted by molar-refractivity contribution is -0.134. The van der Waals surface area contributed by atoms with Crippen LogP contribution in [-0.2, 0) is 6.18 Å². The minimum absolute atomic E-state index is 0.443. The van der Waals surface area contributed by atoms with Gasteiger partial charge >= 0.3 is 6.18 Å². The molecular weight excluding hydrogens is 305 g/mol. The fourth-order valence-electron chi connectivity index (χ4n) is 2.07. The Hall–Kier alpha value is -1.34. The van der Waals surface area contributed by atoms with Crippen LogP contribution in [-0.4, -0.2) is 18.1 Å². The average Bonchev–Trinajstić information content (AvgIpc) is 3.10. The number of rotatable bonds is 2. The maximum Gasteiger partial charge on any atom is 0.427 e. The zero-order valence-electron chi connectivity index (χ0n) is 10.4. The number of alkyl halides is 3. The summed E-state index contributed by atoms with van der Waals surface area (Å²) in [5.74, 6) is 0. The Balaban J connectivity index is 1.73. The Kier molecular flexibility index (Phi) is 3.55. The summed E-state index contributed by atoms with van der Waals surface area (Å²) in [6.45, 7) is 1.31. The molecule has 0 aliphatic carbocycles. The molecule has 0 unspecified atom stereocenters. The van der Waals surface area contributed by atoms with Crippen molar-refractivity contribution in [1.29, 1.82) is 0 Å². The molecule has 7 heteroatoms. The van der Waals surface area contributed by atoms with E-state index in [9.17, 15) is 13.2 Å². The number of hydrogen-bond acceptors (Lipinski definition) is 4. The highest BCUT2D eigenvalue weighted by atomic mass is 32.1. The average molecular weight is 316 g/mol. The van der Waals surface area contributed by atoms with E-state index in [-0.39, 0.29) is 0 Å². The van der Waals surface area contributed by atoms with Crippen LogP contribution in [0.3, 0.4) is 0 Å². The Morgan fingerprint density at radius 3 is 2.70 bits per heavy atom. The second-order valence-corrected chi connectivity index (χ2v) is 6.36. The lowest BCUT2D eigenvalue weighted by Gasteiger charge is -2.25. The van der Waals surface area contributed by atoms with Crippen LogP contribution in [0.5, 0.6) is 0 Å². The molecular formula is C13H11F3N2S2. The van der Waals surface area contributed by atoms with Crippen molar-refractivity contribution in [1.82, 2.24) is 4.98 Å². The minimum atomic E-state index is -4.30. The molecule has 3 rings (SSSR count). The monoisotopic (exact) mass is 316 g/mol. The van der Waals surface area contributed by atoms with Gasteiger partial charge in [0.15, 0.2) is 5.13 Å². The minimum Gasteiger partial charge on any atom is -0.344 e. The van der Waals surface area contributed by atoms with Gasteiger partial charge in [0.25, 0.3) is 0 Å². The topological polar surface area (TPSA) is 16.1 Å². The lowest BCUT2D eigenvalue weighted by atomic mass is 10.1. The lowest BCUT2D eigenvalue weighted by Crippen LogP contribution is -2.27. The Labute approximate surface area is 122 Å². The largest absolute Gasteiger partial charge is 0.427 e. The van der Waals surface area contributed by atoms with E-state index in [2.05, 4.69) is 17.1 Å². The SMILES string of the molecule is FC(F)(F)c1cnc(N2CC=C(c3cccs3)CC2)s1. The first-order chi connectivity index (χ1) is 9.54. The van der Waals surface area contributed by atoms with E-state index >= 15 is 0 Å². The zero-order valence-corrected chi connectivity index (χ0v) is 12.0. The second-order valence-electron chi connectivity index (χ2n) is 4.41. The molecule has 0 aromatic carbocycles. The first kappa shape index (κ1) is 13.6. The van der Waals surface area contributed by atoms with E-state index in [1.807, 2.05) is 16.3 Å². The predicted octanol–water partition coefficient (Wildman–Crippen LogP) is 4.52. The van der Waals surface area contributed by atoms with Gasteiger partial charge in [-0.15, -0.1) is 11.3 Å². The molecule has 3 heterocycles. The smallest absolute Gasteiger partial charge is 0.344 e. The van der Waals surface area contributed by atoms with E-state index in [1.54, 1.807) is 11.3 Å². The molecule has 2 aromatic rings. The number of halogens is 3. The first-order valence-electron chi connectivity index (χ1n) is 6.05. The summed E-state index contributed by atoms with van der Waals surface area (Å²) in [6.07, 6.45) is -0.479. The van der Waals surface area contributed by atoms with E-state index in [1.165, 1.54) is 10.5 Å². The number of nitrogens with zero attached hydrogens (tertiary/aromatic N) is 2. The standard InChI is InChI=1S/C13H11F3N2S2/c14-13(15,16)11-8-17-12(20-11)18-5-3-9(4-6-18)10-2-1-7-19-10/h1-3,7-8H,4-6H2. The van der Waals surface area contributed by atoms with Gasteiger partial charge in [0.05, 0.1) is 6.20 Å². The zero-order chi connectivity index (χ0) is 14.2. The normalized spacial score (nSPS) is 16.4. The second kappa shape index (κ2) is 5.21. The molecule has 0 bridgehead atoms. The van der Waals surface area contributed by atoms with Gasteiger partial charge in [-0.05, 0) is 23.4 Å². The van der Waals surface area contributed by atoms with Gasteiger partial charge in [0.1, 0.15) is 4.88 Å². The van der Waals surface area contributed by atoms with Crippen molar-refractivity contribution in [2.75, 3.05) is 18.0 Å². The fourth-order valence-corrected chi connectivity index (χ4v) is 3.69. The van der Waals surface area contributed by atoms with E-state index in [4.69, 9.17) is 0 Å². The molecule has 2 nitrogen and oxygen atoms in total. The summed E-state index contributed by atoms with van der Waals surface area (Å²) < 4.78 is 37.7. The van der Waals surface area contributed by atoms with Crippen LogP contribution >= 0.6 is 22.7 Å². The maximum absolute atomic E-state index is 12.6. The van der Waals surface area contributed by atoms with Crippen LogP contribution in [0.4, 0.5) is 18.3 Å². The number of anilines is 1. The van der Waals surface area contributed by atoms with E-state index < -0.39 is 11.1 Å². The molecule has 0 saturated heterocycles. The summed E-state index contributed by atoms with van der Waals surface area (Å²) in [5, 5.41) is 2.47. The number of thiophene rings is 1. The maximum atomic E-state index is 12.6. The van der Waals surface area contributed by atoms with Gasteiger partial charge in [-0.25, -0.2) is 4.98 Å². The van der Waals surface area contributed by atoms with Gasteiger partial charge < -0.3 is 4.90 Å². The van der Waals surface area contributed by atoms with Crippen LogP contribution in [0.25, 0.3) is 5.57 Å². The van der Waals surface area contributed by atoms with E-state index in [0.29, 0.717) is 29.6 Å². The molecule has 0 N–H and O–H groups in total. The summed E-state index contributed by atoms with van der Waals surface area (Å²) in [7, 11) is 0. The van der Waals surface area contributed by atoms with Crippen molar-refractivity contribution in [3.05, 3.63) is 39.5 Å². The summed E-state index contributed by atoms with van der Waals surface area (Å²) in [4.78, 5) is 6.38. The number of thiazole rings is 1. The third-order valence-corrected chi connectivity index (χ3v) is 5.14. The van der Waals surface area contributed by atoms with Crippen molar-refractivity contribution in [2.24, 2.45) is 0 Å². The van der Waals surface area contributed by atoms with Crippen LogP contribution in [0.15, 0.2) is 29.8 Å². The molecule has 0 fully saturated rings. The molecule has 20 heavy (non-hydrogen) atoms. The predicted molar refractivity (Wildman–Crippen MR) is 76.2 cm³/mol. The van der Waals surface area contributed by atoms with Crippen molar-refractivity contribution in [2.45, 2.75) is 12.6 Å². The van der Waals surface area contributed by atoms with Crippen LogP contribution < -0.4 is 4.90 Å². The Morgan fingerprint density at radius 2 is 2.15 bits per heavy atom. The summed E-state index contributed by atoms with van der Waals surface area (Å²) >= 11 is 2.39. The third kappa shape index (κ3) is 2.73. The highest BCUT2D eigenvalue weighted by molar-refractivity contribution is 7.15. The Bertz CT molecular complexity index is 614. The Morgan fingerprint density at radius 1 is 1.30 bits per heavy atom. The highest BCUT2D eigenvalue weighted by Crippen LogP contribution is 2.37. The van der Waals surface area contributed by atoms with Gasteiger partial charge in [-0.2, -0.15) is 13.2 Å². The van der Waals surface area contributed by atoms with Crippen molar-refractivity contribution < 1.29 is 13.2 Å². The molecule has 2 aromatic heterocycles. The third-order valence-electron chi connectivity index (χ3n) is 3.09. The van der Waals surface area contributed by atoms with Crippen LogP contribution in [0.1, 0.15) is 16.2 Å². The molecule has 0 radical (unpaired) electrons. The van der Waals surface area contributed by atoms with Crippen molar-refractivity contribution in [3.8, 4) is 0 Å². The molecule has 1 aliphatic heterocycles. The molecule has 0 atom stereocenters. The van der Waals surface area contributed by atoms with Gasteiger partial charge in [0, 0.05) is 18.0 Å². The quantitative estimate of drug-likeness (QED) is 0.810. The highest BCUT2D eigenvalue weighted by Gasteiger charge is 2.34. The first-order valence-corrected chi connectivity index (χ1v) is 7.74. The van der Waals surface area contributed by atoms with Crippen molar-refractivity contribution in [3.63, 3.8) is 0 Å². The van der Waals surface area contributed by atoms with Crippen LogP contribution in [0.2, 0.25) is 0 Å². The molecule has 1 aliphatic rings. The fraction of sp³-hybridized carbons (Fsp3) is 0.308. The summed E-state index contributed by atoms with van der Waals surface area (Å²) in [6, 6.07) is 4.07. The number of hydrogen-bond donors (Lipinski definition) is 0. The molecule has 0 saturated carbocycles. The number of aromatic nitrogens is 1.